The number of Topliss-reactive ketones (excluding diaryl/α,β-unsaturated/α-hetero) is 1. The lowest BCUT2D eigenvalue weighted by Crippen LogP contribution is -2.36. The second-order valence-corrected chi connectivity index (χ2v) is 8.92. The molecule has 0 aromatic carbocycles. The Hall–Kier alpha value is -1.60. The SMILES string of the molecule is CSc1nc2n(n1)[C@@H](c1sccc1C)C1=C(CC(C)(C)CC1=O)N2. The van der Waals surface area contributed by atoms with E-state index in [1.807, 2.05) is 10.9 Å². The second kappa shape index (κ2) is 5.46. The van der Waals surface area contributed by atoms with E-state index in [0.717, 1.165) is 28.8 Å². The summed E-state index contributed by atoms with van der Waals surface area (Å²) in [5.41, 5.74) is 3.05. The molecule has 0 amide bonds. The van der Waals surface area contributed by atoms with Crippen LogP contribution < -0.4 is 5.32 Å². The van der Waals surface area contributed by atoms with Crippen molar-refractivity contribution >= 4 is 34.8 Å². The number of allylic oxidation sites excluding steroid dienone is 2. The van der Waals surface area contributed by atoms with Gasteiger partial charge in [0.1, 0.15) is 6.04 Å². The first-order valence-corrected chi connectivity index (χ1v) is 10.1. The Morgan fingerprint density at radius 1 is 1.42 bits per heavy atom. The van der Waals surface area contributed by atoms with Crippen molar-refractivity contribution in [1.29, 1.82) is 0 Å². The van der Waals surface area contributed by atoms with Crippen LogP contribution in [-0.2, 0) is 4.79 Å². The van der Waals surface area contributed by atoms with Gasteiger partial charge in [0.2, 0.25) is 11.1 Å². The summed E-state index contributed by atoms with van der Waals surface area (Å²) < 4.78 is 1.89. The zero-order chi connectivity index (χ0) is 17.1. The Labute approximate surface area is 149 Å². The summed E-state index contributed by atoms with van der Waals surface area (Å²) in [7, 11) is 0. The van der Waals surface area contributed by atoms with Gasteiger partial charge in [0.15, 0.2) is 5.78 Å². The number of anilines is 1. The van der Waals surface area contributed by atoms with E-state index < -0.39 is 0 Å². The fourth-order valence-corrected chi connectivity index (χ4v) is 4.95. The summed E-state index contributed by atoms with van der Waals surface area (Å²) in [6.45, 7) is 6.39. The van der Waals surface area contributed by atoms with Gasteiger partial charge in [-0.25, -0.2) is 4.68 Å². The molecule has 0 saturated heterocycles. The Kier molecular flexibility index (Phi) is 3.61. The van der Waals surface area contributed by atoms with Gasteiger partial charge >= 0.3 is 0 Å². The van der Waals surface area contributed by atoms with Gasteiger partial charge < -0.3 is 5.32 Å². The minimum atomic E-state index is -0.159. The maximum atomic E-state index is 13.0. The number of thiophene rings is 1. The predicted octanol–water partition coefficient (Wildman–Crippen LogP) is 4.03. The summed E-state index contributed by atoms with van der Waals surface area (Å²) >= 11 is 3.20. The van der Waals surface area contributed by atoms with Crippen LogP contribution in [0.1, 0.15) is 43.2 Å². The number of carbonyl (C=O) groups excluding carboxylic acids is 1. The van der Waals surface area contributed by atoms with Crippen molar-refractivity contribution in [2.24, 2.45) is 5.41 Å². The van der Waals surface area contributed by atoms with Crippen LogP contribution in [0.3, 0.4) is 0 Å². The molecule has 2 aromatic rings. The van der Waals surface area contributed by atoms with E-state index in [-0.39, 0.29) is 17.2 Å². The van der Waals surface area contributed by atoms with E-state index in [0.29, 0.717) is 6.42 Å². The number of hydrogen-bond donors (Lipinski definition) is 1. The summed E-state index contributed by atoms with van der Waals surface area (Å²) in [5.74, 6) is 0.958. The molecule has 2 aliphatic rings. The van der Waals surface area contributed by atoms with Gasteiger partial charge in [-0.15, -0.1) is 16.4 Å². The topological polar surface area (TPSA) is 59.8 Å². The van der Waals surface area contributed by atoms with E-state index >= 15 is 0 Å². The second-order valence-electron chi connectivity index (χ2n) is 7.20. The quantitative estimate of drug-likeness (QED) is 0.820. The first-order chi connectivity index (χ1) is 11.4. The highest BCUT2D eigenvalue weighted by Crippen LogP contribution is 2.46. The Balaban J connectivity index is 1.93. The van der Waals surface area contributed by atoms with Crippen molar-refractivity contribution in [3.63, 3.8) is 0 Å². The molecule has 3 heterocycles. The predicted molar refractivity (Wildman–Crippen MR) is 97.7 cm³/mol. The van der Waals surface area contributed by atoms with E-state index in [9.17, 15) is 4.79 Å². The molecule has 1 atom stereocenters. The Morgan fingerprint density at radius 2 is 2.21 bits per heavy atom. The third-order valence-electron chi connectivity index (χ3n) is 4.65. The monoisotopic (exact) mass is 360 g/mol. The molecule has 5 nitrogen and oxygen atoms in total. The van der Waals surface area contributed by atoms with Crippen LogP contribution >= 0.6 is 23.1 Å². The summed E-state index contributed by atoms with van der Waals surface area (Å²) in [4.78, 5) is 18.7. The minimum Gasteiger partial charge on any atom is -0.328 e. The molecule has 126 valence electrons. The maximum absolute atomic E-state index is 13.0. The average molecular weight is 361 g/mol. The van der Waals surface area contributed by atoms with Crippen LogP contribution in [0.2, 0.25) is 0 Å². The minimum absolute atomic E-state index is 0.0253. The van der Waals surface area contributed by atoms with Crippen LogP contribution in [0, 0.1) is 12.3 Å². The lowest BCUT2D eigenvalue weighted by atomic mass is 9.73. The number of nitrogens with zero attached hydrogens (tertiary/aromatic N) is 3. The molecule has 4 rings (SSSR count). The van der Waals surface area contributed by atoms with E-state index in [1.165, 1.54) is 22.2 Å². The lowest BCUT2D eigenvalue weighted by Gasteiger charge is -2.38. The molecule has 1 aliphatic heterocycles. The van der Waals surface area contributed by atoms with Gasteiger partial charge in [0.25, 0.3) is 0 Å². The van der Waals surface area contributed by atoms with Crippen molar-refractivity contribution in [2.45, 2.75) is 44.8 Å². The van der Waals surface area contributed by atoms with Crippen LogP contribution in [-0.4, -0.2) is 26.8 Å². The number of thioether (sulfide) groups is 1. The first kappa shape index (κ1) is 15.9. The fourth-order valence-electron chi connectivity index (χ4n) is 3.58. The largest absolute Gasteiger partial charge is 0.328 e. The van der Waals surface area contributed by atoms with Crippen molar-refractivity contribution in [2.75, 3.05) is 11.6 Å². The third-order valence-corrected chi connectivity index (χ3v) is 6.25. The van der Waals surface area contributed by atoms with Crippen molar-refractivity contribution in [1.82, 2.24) is 14.8 Å². The number of fused-ring (bicyclic) bond motifs is 1. The maximum Gasteiger partial charge on any atom is 0.227 e. The molecule has 0 fully saturated rings. The summed E-state index contributed by atoms with van der Waals surface area (Å²) in [6.07, 6.45) is 3.40. The van der Waals surface area contributed by atoms with Gasteiger partial charge in [-0.1, -0.05) is 25.6 Å². The van der Waals surface area contributed by atoms with E-state index in [2.05, 4.69) is 47.6 Å². The normalized spacial score (nSPS) is 22.2. The molecule has 1 aliphatic carbocycles. The number of aromatic nitrogens is 3. The van der Waals surface area contributed by atoms with Crippen molar-refractivity contribution < 1.29 is 4.79 Å². The van der Waals surface area contributed by atoms with Gasteiger partial charge in [-0.05, 0) is 42.0 Å². The molecule has 1 N–H and O–H groups in total. The zero-order valence-electron chi connectivity index (χ0n) is 14.2. The average Bonchev–Trinajstić information content (AvgIpc) is 3.09. The number of nitrogens with one attached hydrogen (secondary N) is 1. The summed E-state index contributed by atoms with van der Waals surface area (Å²) in [5, 5.41) is 10.8. The molecule has 0 spiro atoms. The molecule has 0 bridgehead atoms. The van der Waals surface area contributed by atoms with Gasteiger partial charge in [0, 0.05) is 22.6 Å². The first-order valence-electron chi connectivity index (χ1n) is 7.97. The standard InChI is InChI=1S/C17H20N4OS2/c1-9-5-6-24-14(9)13-12-10(7-17(2,3)8-11(12)22)18-15-19-16(23-4)20-21(13)15/h5-6,13H,7-8H2,1-4H3,(H,18,19,20)/t13-/m1/s1. The van der Waals surface area contributed by atoms with E-state index in [4.69, 9.17) is 0 Å². The highest BCUT2D eigenvalue weighted by Gasteiger charge is 2.42. The van der Waals surface area contributed by atoms with Gasteiger partial charge in [0.05, 0.1) is 0 Å². The molecule has 2 aromatic heterocycles. The van der Waals surface area contributed by atoms with Crippen molar-refractivity contribution in [3.05, 3.63) is 33.2 Å². The molecule has 24 heavy (non-hydrogen) atoms. The van der Waals surface area contributed by atoms with Crippen molar-refractivity contribution in [3.8, 4) is 0 Å². The number of carbonyl (C=O) groups is 1. The Morgan fingerprint density at radius 3 is 2.88 bits per heavy atom. The lowest BCUT2D eigenvalue weighted by molar-refractivity contribution is -0.118. The van der Waals surface area contributed by atoms with Crippen LogP contribution in [0.5, 0.6) is 0 Å². The highest BCUT2D eigenvalue weighted by molar-refractivity contribution is 7.98. The number of rotatable bonds is 2. The molecule has 7 heteroatoms. The van der Waals surface area contributed by atoms with Gasteiger partial charge in [-0.2, -0.15) is 4.98 Å². The van der Waals surface area contributed by atoms with Crippen LogP contribution in [0.25, 0.3) is 0 Å². The number of ketones is 1. The fraction of sp³-hybridized carbons (Fsp3) is 0.471. The third kappa shape index (κ3) is 2.41. The van der Waals surface area contributed by atoms with Gasteiger partial charge in [-0.3, -0.25) is 4.79 Å². The molecule has 0 unspecified atom stereocenters. The summed E-state index contributed by atoms with van der Waals surface area (Å²) in [6, 6.07) is 1.94. The molecular formula is C17H20N4OS2. The number of aryl methyl sites for hydroxylation is 1. The zero-order valence-corrected chi connectivity index (χ0v) is 15.8. The Bertz CT molecular complexity index is 862. The highest BCUT2D eigenvalue weighted by atomic mass is 32.2. The molecule has 0 saturated carbocycles. The smallest absolute Gasteiger partial charge is 0.227 e. The molecular weight excluding hydrogens is 340 g/mol. The molecule has 0 radical (unpaired) electrons. The van der Waals surface area contributed by atoms with Crippen LogP contribution in [0.4, 0.5) is 5.95 Å². The van der Waals surface area contributed by atoms with Crippen LogP contribution in [0.15, 0.2) is 27.9 Å². The number of hydrogen-bond acceptors (Lipinski definition) is 6. The van der Waals surface area contributed by atoms with E-state index in [1.54, 1.807) is 11.3 Å².